The molecular weight excluding hydrogens is 289 g/mol. The Morgan fingerprint density at radius 1 is 1.38 bits per heavy atom. The molecule has 1 N–H and O–H groups in total. The molecule has 6 heteroatoms. The number of benzene rings is 1. The van der Waals surface area contributed by atoms with Crippen molar-refractivity contribution >= 4 is 14.0 Å². The fourth-order valence-corrected chi connectivity index (χ4v) is 5.37. The zero-order chi connectivity index (χ0) is 14.7. The van der Waals surface area contributed by atoms with Crippen LogP contribution < -0.4 is 0 Å². The van der Waals surface area contributed by atoms with Crippen molar-refractivity contribution in [2.75, 3.05) is 26.3 Å². The fraction of sp³-hybridized carbons (Fsp3) is 0.533. The molecule has 0 radical (unpaired) electrons. The number of ether oxygens (including phenoxy) is 2. The molecule has 21 heavy (non-hydrogen) atoms. The predicted octanol–water partition coefficient (Wildman–Crippen LogP) is 1.75. The Morgan fingerprint density at radius 2 is 2.19 bits per heavy atom. The maximum atomic E-state index is 12.3. The van der Waals surface area contributed by atoms with E-state index in [-0.39, 0.29) is 24.1 Å². The Labute approximate surface area is 125 Å². The van der Waals surface area contributed by atoms with Crippen molar-refractivity contribution in [3.63, 3.8) is 0 Å². The molecule has 0 saturated carbocycles. The third-order valence-electron chi connectivity index (χ3n) is 4.04. The van der Waals surface area contributed by atoms with Crippen LogP contribution in [0.5, 0.6) is 0 Å². The number of nitrogens with zero attached hydrogens (tertiary/aromatic N) is 1. The highest BCUT2D eigenvalue weighted by atomic mass is 31.1. The first-order chi connectivity index (χ1) is 10.3. The van der Waals surface area contributed by atoms with E-state index in [0.717, 1.165) is 5.56 Å². The number of aliphatic hydroxyl groups is 1. The van der Waals surface area contributed by atoms with Gasteiger partial charge in [0, 0.05) is 20.3 Å². The van der Waals surface area contributed by atoms with Crippen molar-refractivity contribution in [1.29, 1.82) is 0 Å². The molecule has 2 heterocycles. The van der Waals surface area contributed by atoms with Gasteiger partial charge in [0.25, 0.3) is 0 Å². The predicted molar refractivity (Wildman–Crippen MR) is 79.7 cm³/mol. The van der Waals surface area contributed by atoms with Gasteiger partial charge in [-0.05, 0) is 12.0 Å². The van der Waals surface area contributed by atoms with E-state index in [1.807, 2.05) is 35.0 Å². The molecule has 1 amide bonds. The first-order valence-corrected chi connectivity index (χ1v) is 8.74. The number of rotatable bonds is 6. The van der Waals surface area contributed by atoms with Crippen molar-refractivity contribution in [3.05, 3.63) is 35.9 Å². The molecule has 2 aliphatic rings. The van der Waals surface area contributed by atoms with Crippen molar-refractivity contribution in [2.24, 2.45) is 5.92 Å². The lowest BCUT2D eigenvalue weighted by Crippen LogP contribution is -2.28. The highest BCUT2D eigenvalue weighted by Gasteiger charge is 2.49. The lowest BCUT2D eigenvalue weighted by Gasteiger charge is -2.18. The van der Waals surface area contributed by atoms with Crippen LogP contribution in [0.3, 0.4) is 0 Å². The SMILES string of the molecule is O=C1[C@H](CCOCc2ccccc2)[C@@H](CO)[P@@]2COCN12. The minimum absolute atomic E-state index is 0.0373. The van der Waals surface area contributed by atoms with Crippen LogP contribution in [0.25, 0.3) is 0 Å². The van der Waals surface area contributed by atoms with E-state index in [0.29, 0.717) is 32.7 Å². The van der Waals surface area contributed by atoms with Crippen LogP contribution in [0, 0.1) is 5.92 Å². The smallest absolute Gasteiger partial charge is 0.231 e. The van der Waals surface area contributed by atoms with Gasteiger partial charge in [0.2, 0.25) is 5.91 Å². The van der Waals surface area contributed by atoms with Crippen molar-refractivity contribution in [3.8, 4) is 0 Å². The number of fused-ring (bicyclic) bond motifs is 1. The Kier molecular flexibility index (Phi) is 4.86. The number of carbonyl (C=O) groups excluding carboxylic acids is 1. The summed E-state index contributed by atoms with van der Waals surface area (Å²) in [5.41, 5.74) is 1.17. The number of aliphatic hydroxyl groups excluding tert-OH is 1. The first kappa shape index (κ1) is 14.9. The lowest BCUT2D eigenvalue weighted by molar-refractivity contribution is -0.131. The second-order valence-corrected chi connectivity index (χ2v) is 7.61. The van der Waals surface area contributed by atoms with Gasteiger partial charge in [-0.3, -0.25) is 9.46 Å². The van der Waals surface area contributed by atoms with E-state index < -0.39 is 8.07 Å². The molecule has 0 aromatic heterocycles. The molecule has 114 valence electrons. The molecule has 0 bridgehead atoms. The number of amides is 1. The molecule has 2 saturated heterocycles. The summed E-state index contributed by atoms with van der Waals surface area (Å²) in [5, 5.41) is 9.58. The Balaban J connectivity index is 1.49. The van der Waals surface area contributed by atoms with Gasteiger partial charge in [0.05, 0.1) is 25.5 Å². The topological polar surface area (TPSA) is 59.0 Å². The van der Waals surface area contributed by atoms with Gasteiger partial charge in [0.1, 0.15) is 6.73 Å². The third kappa shape index (κ3) is 3.11. The molecule has 1 aromatic rings. The number of carbonyl (C=O) groups is 1. The van der Waals surface area contributed by atoms with Gasteiger partial charge in [-0.1, -0.05) is 30.3 Å². The van der Waals surface area contributed by atoms with Gasteiger partial charge in [-0.2, -0.15) is 0 Å². The van der Waals surface area contributed by atoms with E-state index in [1.54, 1.807) is 0 Å². The molecule has 3 rings (SSSR count). The molecule has 2 fully saturated rings. The number of hydrogen-bond acceptors (Lipinski definition) is 4. The average Bonchev–Trinajstić information content (AvgIpc) is 3.08. The number of hydrogen-bond donors (Lipinski definition) is 1. The van der Waals surface area contributed by atoms with Crippen molar-refractivity contribution in [2.45, 2.75) is 18.7 Å². The van der Waals surface area contributed by atoms with Gasteiger partial charge in [-0.25, -0.2) is 0 Å². The van der Waals surface area contributed by atoms with Crippen LogP contribution in [-0.4, -0.2) is 47.6 Å². The Bertz CT molecular complexity index is 484. The van der Waals surface area contributed by atoms with Crippen LogP contribution >= 0.6 is 8.07 Å². The maximum absolute atomic E-state index is 12.3. The molecule has 0 spiro atoms. The van der Waals surface area contributed by atoms with E-state index in [2.05, 4.69) is 0 Å². The summed E-state index contributed by atoms with van der Waals surface area (Å²) in [6.07, 6.45) is 1.28. The highest BCUT2D eigenvalue weighted by Crippen LogP contribution is 2.58. The molecule has 0 aliphatic carbocycles. The van der Waals surface area contributed by atoms with Crippen molar-refractivity contribution < 1.29 is 19.4 Å². The molecule has 3 atom stereocenters. The first-order valence-electron chi connectivity index (χ1n) is 7.19. The van der Waals surface area contributed by atoms with E-state index in [1.165, 1.54) is 0 Å². The monoisotopic (exact) mass is 309 g/mol. The summed E-state index contributed by atoms with van der Waals surface area (Å²) in [6, 6.07) is 9.99. The van der Waals surface area contributed by atoms with E-state index in [9.17, 15) is 9.90 Å². The van der Waals surface area contributed by atoms with Crippen LogP contribution in [0.1, 0.15) is 12.0 Å². The van der Waals surface area contributed by atoms with Crippen molar-refractivity contribution in [1.82, 2.24) is 4.67 Å². The zero-order valence-electron chi connectivity index (χ0n) is 11.9. The second-order valence-electron chi connectivity index (χ2n) is 5.32. The average molecular weight is 309 g/mol. The highest BCUT2D eigenvalue weighted by molar-refractivity contribution is 7.57. The quantitative estimate of drug-likeness (QED) is 0.642. The molecule has 5 nitrogen and oxygen atoms in total. The van der Waals surface area contributed by atoms with Crippen LogP contribution in [0.2, 0.25) is 0 Å². The summed E-state index contributed by atoms with van der Waals surface area (Å²) in [7, 11) is -0.644. The van der Waals surface area contributed by atoms with Crippen LogP contribution in [0.4, 0.5) is 0 Å². The zero-order valence-corrected chi connectivity index (χ0v) is 12.7. The second kappa shape index (κ2) is 6.84. The summed E-state index contributed by atoms with van der Waals surface area (Å²) >= 11 is 0. The van der Waals surface area contributed by atoms with Gasteiger partial charge in [0.15, 0.2) is 0 Å². The van der Waals surface area contributed by atoms with Crippen LogP contribution in [-0.2, 0) is 20.9 Å². The Morgan fingerprint density at radius 3 is 2.95 bits per heavy atom. The fourth-order valence-electron chi connectivity index (χ4n) is 2.91. The molecule has 0 unspecified atom stereocenters. The normalized spacial score (nSPS) is 28.1. The minimum atomic E-state index is -0.644. The van der Waals surface area contributed by atoms with Gasteiger partial charge in [-0.15, -0.1) is 0 Å². The lowest BCUT2D eigenvalue weighted by atomic mass is 10.0. The summed E-state index contributed by atoms with van der Waals surface area (Å²) in [6.45, 7) is 1.55. The Hall–Kier alpha value is -1.00. The van der Waals surface area contributed by atoms with Gasteiger partial charge >= 0.3 is 0 Å². The summed E-state index contributed by atoms with van der Waals surface area (Å²) < 4.78 is 12.8. The maximum Gasteiger partial charge on any atom is 0.231 e. The molecule has 2 aliphatic heterocycles. The summed E-state index contributed by atoms with van der Waals surface area (Å²) in [5.74, 6) is 0.0155. The van der Waals surface area contributed by atoms with E-state index >= 15 is 0 Å². The molecular formula is C15H20NO4P. The standard InChI is InChI=1S/C15H20NO4P/c17-8-14-13(15(18)16-10-20-11-21(14)16)6-7-19-9-12-4-2-1-3-5-12/h1-5,13-14,17H,6-11H2/t13-,14-,21-/m1/s1. The third-order valence-corrected chi connectivity index (χ3v) is 6.71. The summed E-state index contributed by atoms with van der Waals surface area (Å²) in [4.78, 5) is 12.3. The molecule has 1 aromatic carbocycles. The van der Waals surface area contributed by atoms with Gasteiger partial charge < -0.3 is 14.6 Å². The van der Waals surface area contributed by atoms with E-state index in [4.69, 9.17) is 9.47 Å². The minimum Gasteiger partial charge on any atom is -0.396 e. The largest absolute Gasteiger partial charge is 0.396 e. The van der Waals surface area contributed by atoms with Crippen LogP contribution in [0.15, 0.2) is 30.3 Å².